The Balaban J connectivity index is 1.74. The maximum atomic E-state index is 13.0. The Labute approximate surface area is 122 Å². The lowest BCUT2D eigenvalue weighted by Gasteiger charge is -2.36. The highest BCUT2D eigenvalue weighted by molar-refractivity contribution is 5.68. The first-order valence-electron chi connectivity index (χ1n) is 6.84. The summed E-state index contributed by atoms with van der Waals surface area (Å²) in [6.07, 6.45) is 0.643. The van der Waals surface area contributed by atoms with Crippen molar-refractivity contribution in [3.05, 3.63) is 29.8 Å². The van der Waals surface area contributed by atoms with Crippen LogP contribution in [0.5, 0.6) is 5.75 Å². The molecule has 0 unspecified atom stereocenters. The first-order valence-corrected chi connectivity index (χ1v) is 6.84. The third-order valence-corrected chi connectivity index (χ3v) is 3.01. The van der Waals surface area contributed by atoms with Crippen LogP contribution in [0.25, 0.3) is 0 Å². The number of hydrogen-bond acceptors (Lipinski definition) is 3. The molecule has 0 saturated heterocycles. The van der Waals surface area contributed by atoms with Crippen LogP contribution < -0.4 is 10.1 Å². The van der Waals surface area contributed by atoms with Crippen LogP contribution in [0.4, 0.5) is 13.6 Å². The van der Waals surface area contributed by atoms with Gasteiger partial charge in [0.05, 0.1) is 0 Å². The molecule has 21 heavy (non-hydrogen) atoms. The molecular weight excluding hydrogens is 280 g/mol. The number of carbonyl (C=O) groups excluding carboxylic acids is 1. The van der Waals surface area contributed by atoms with Crippen LogP contribution in [0, 0.1) is 11.6 Å². The summed E-state index contributed by atoms with van der Waals surface area (Å²) in [5, 5.41) is 2.73. The van der Waals surface area contributed by atoms with Crippen molar-refractivity contribution in [2.45, 2.75) is 51.4 Å². The molecule has 0 heterocycles. The van der Waals surface area contributed by atoms with Gasteiger partial charge < -0.3 is 14.8 Å². The fourth-order valence-electron chi connectivity index (χ4n) is 2.00. The monoisotopic (exact) mass is 299 g/mol. The lowest BCUT2D eigenvalue weighted by Crippen LogP contribution is -2.50. The van der Waals surface area contributed by atoms with E-state index >= 15 is 0 Å². The van der Waals surface area contributed by atoms with Crippen LogP contribution >= 0.6 is 0 Å². The minimum Gasteiger partial charge on any atom is -0.490 e. The Kier molecular flexibility index (Phi) is 4.34. The number of ether oxygens (including phenoxy) is 2. The fraction of sp³-hybridized carbons (Fsp3) is 0.533. The molecule has 0 aromatic heterocycles. The number of rotatable bonds is 3. The molecule has 1 aliphatic rings. The molecule has 1 N–H and O–H groups in total. The van der Waals surface area contributed by atoms with E-state index in [1.54, 1.807) is 20.8 Å². The van der Waals surface area contributed by atoms with Gasteiger partial charge in [-0.05, 0) is 32.9 Å². The van der Waals surface area contributed by atoms with Crippen molar-refractivity contribution >= 4 is 6.09 Å². The van der Waals surface area contributed by atoms with E-state index in [-0.39, 0.29) is 17.9 Å². The number of alkyl carbamates (subject to hydrolysis) is 1. The molecule has 1 fully saturated rings. The van der Waals surface area contributed by atoms with Gasteiger partial charge in [-0.3, -0.25) is 0 Å². The molecule has 0 aliphatic heterocycles. The second kappa shape index (κ2) is 5.87. The lowest BCUT2D eigenvalue weighted by atomic mass is 9.89. The second-order valence-corrected chi connectivity index (χ2v) is 6.13. The van der Waals surface area contributed by atoms with Crippen LogP contribution in [-0.4, -0.2) is 23.8 Å². The average molecular weight is 299 g/mol. The molecule has 1 aliphatic carbocycles. The minimum atomic E-state index is -0.935. The quantitative estimate of drug-likeness (QED) is 0.930. The van der Waals surface area contributed by atoms with Crippen molar-refractivity contribution < 1.29 is 23.0 Å². The van der Waals surface area contributed by atoms with E-state index in [2.05, 4.69) is 5.32 Å². The zero-order valence-electron chi connectivity index (χ0n) is 12.3. The van der Waals surface area contributed by atoms with Gasteiger partial charge in [0.1, 0.15) is 17.5 Å². The van der Waals surface area contributed by atoms with Crippen molar-refractivity contribution in [1.82, 2.24) is 5.32 Å². The van der Waals surface area contributed by atoms with Crippen molar-refractivity contribution in [3.8, 4) is 5.75 Å². The van der Waals surface area contributed by atoms with Gasteiger partial charge in [-0.15, -0.1) is 0 Å². The van der Waals surface area contributed by atoms with Crippen LogP contribution in [0.1, 0.15) is 33.6 Å². The van der Waals surface area contributed by atoms with Gasteiger partial charge in [-0.2, -0.15) is 0 Å². The van der Waals surface area contributed by atoms with Crippen molar-refractivity contribution in [2.24, 2.45) is 0 Å². The third-order valence-electron chi connectivity index (χ3n) is 3.01. The molecule has 1 aromatic carbocycles. The molecule has 1 amide bonds. The summed E-state index contributed by atoms with van der Waals surface area (Å²) in [5.41, 5.74) is -0.532. The van der Waals surface area contributed by atoms with Crippen LogP contribution in [-0.2, 0) is 4.74 Å². The summed E-state index contributed by atoms with van der Waals surface area (Å²) in [6.45, 7) is 5.38. The van der Waals surface area contributed by atoms with E-state index < -0.39 is 23.3 Å². The van der Waals surface area contributed by atoms with Gasteiger partial charge >= 0.3 is 6.09 Å². The van der Waals surface area contributed by atoms with E-state index in [4.69, 9.17) is 9.47 Å². The number of halogens is 2. The lowest BCUT2D eigenvalue weighted by molar-refractivity contribution is 0.0362. The second-order valence-electron chi connectivity index (χ2n) is 6.13. The number of benzene rings is 1. The maximum absolute atomic E-state index is 13.0. The Morgan fingerprint density at radius 1 is 1.24 bits per heavy atom. The third kappa shape index (κ3) is 4.58. The Morgan fingerprint density at radius 3 is 2.48 bits per heavy atom. The molecule has 4 nitrogen and oxygen atoms in total. The summed E-state index contributed by atoms with van der Waals surface area (Å²) in [6, 6.07) is 3.41. The van der Waals surface area contributed by atoms with Crippen LogP contribution in [0.15, 0.2) is 18.2 Å². The highest BCUT2D eigenvalue weighted by Crippen LogP contribution is 2.27. The van der Waals surface area contributed by atoms with Gasteiger partial charge in [0.25, 0.3) is 0 Å². The molecule has 0 spiro atoms. The van der Waals surface area contributed by atoms with Crippen LogP contribution in [0.3, 0.4) is 0 Å². The van der Waals surface area contributed by atoms with Crippen molar-refractivity contribution in [1.29, 1.82) is 0 Å². The summed E-state index contributed by atoms with van der Waals surface area (Å²) in [4.78, 5) is 11.5. The summed E-state index contributed by atoms with van der Waals surface area (Å²) in [7, 11) is 0. The molecule has 1 saturated carbocycles. The molecule has 116 valence electrons. The molecule has 0 atom stereocenters. The average Bonchev–Trinajstić information content (AvgIpc) is 2.28. The predicted molar refractivity (Wildman–Crippen MR) is 73.2 cm³/mol. The smallest absolute Gasteiger partial charge is 0.407 e. The van der Waals surface area contributed by atoms with Gasteiger partial charge in [0.2, 0.25) is 0 Å². The SMILES string of the molecule is CC(C)(C)OC(=O)NC1CC(Oc2ccc(F)c(F)c2)C1. The zero-order chi connectivity index (χ0) is 15.6. The Morgan fingerprint density at radius 2 is 1.90 bits per heavy atom. The van der Waals surface area contributed by atoms with Gasteiger partial charge in [0, 0.05) is 24.9 Å². The standard InChI is InChI=1S/C15H19F2NO3/c1-15(2,3)21-14(19)18-9-6-11(7-9)20-10-4-5-12(16)13(17)8-10/h4-5,8-9,11H,6-7H2,1-3H3,(H,18,19). The zero-order valence-corrected chi connectivity index (χ0v) is 12.3. The normalized spacial score (nSPS) is 21.4. The number of amides is 1. The number of nitrogens with one attached hydrogen (secondary N) is 1. The van der Waals surface area contributed by atoms with E-state index in [9.17, 15) is 13.6 Å². The maximum Gasteiger partial charge on any atom is 0.407 e. The van der Waals surface area contributed by atoms with Gasteiger partial charge in [-0.1, -0.05) is 0 Å². The molecular formula is C15H19F2NO3. The Hall–Kier alpha value is -1.85. The number of carbonyl (C=O) groups is 1. The number of hydrogen-bond donors (Lipinski definition) is 1. The van der Waals surface area contributed by atoms with Gasteiger partial charge in [-0.25, -0.2) is 13.6 Å². The summed E-state index contributed by atoms with van der Waals surface area (Å²) < 4.78 is 36.5. The van der Waals surface area contributed by atoms with E-state index in [0.29, 0.717) is 12.8 Å². The van der Waals surface area contributed by atoms with E-state index in [1.165, 1.54) is 6.07 Å². The highest BCUT2D eigenvalue weighted by atomic mass is 19.2. The summed E-state index contributed by atoms with van der Waals surface area (Å²) in [5.74, 6) is -1.55. The highest BCUT2D eigenvalue weighted by Gasteiger charge is 2.33. The Bertz CT molecular complexity index is 522. The topological polar surface area (TPSA) is 47.6 Å². The molecule has 1 aromatic rings. The van der Waals surface area contributed by atoms with Crippen molar-refractivity contribution in [2.75, 3.05) is 0 Å². The largest absolute Gasteiger partial charge is 0.490 e. The molecule has 2 rings (SSSR count). The summed E-state index contributed by atoms with van der Waals surface area (Å²) >= 11 is 0. The first-order chi connectivity index (χ1) is 9.73. The van der Waals surface area contributed by atoms with E-state index in [0.717, 1.165) is 12.1 Å². The molecule has 6 heteroatoms. The minimum absolute atomic E-state index is 0.0184. The fourth-order valence-corrected chi connectivity index (χ4v) is 2.00. The van der Waals surface area contributed by atoms with Crippen LogP contribution in [0.2, 0.25) is 0 Å². The molecule has 0 radical (unpaired) electrons. The first kappa shape index (κ1) is 15.5. The predicted octanol–water partition coefficient (Wildman–Crippen LogP) is 3.40. The molecule has 0 bridgehead atoms. The van der Waals surface area contributed by atoms with Gasteiger partial charge in [0.15, 0.2) is 11.6 Å². The van der Waals surface area contributed by atoms with E-state index in [1.807, 2.05) is 0 Å². The van der Waals surface area contributed by atoms with Crippen molar-refractivity contribution in [3.63, 3.8) is 0 Å².